The Kier molecular flexibility index (Phi) is 5.24. The van der Waals surface area contributed by atoms with Crippen LogP contribution in [0.1, 0.15) is 30.8 Å². The van der Waals surface area contributed by atoms with E-state index in [0.717, 1.165) is 24.5 Å². The highest BCUT2D eigenvalue weighted by atomic mass is 32.2. The maximum atomic E-state index is 13.0. The molecule has 0 spiro atoms. The van der Waals surface area contributed by atoms with Crippen LogP contribution in [0.2, 0.25) is 0 Å². The molecular formula is C18H25N3O4S. The van der Waals surface area contributed by atoms with Gasteiger partial charge < -0.3 is 14.0 Å². The van der Waals surface area contributed by atoms with Crippen LogP contribution in [-0.4, -0.2) is 49.6 Å². The largest absolute Gasteiger partial charge is 0.497 e. The van der Waals surface area contributed by atoms with Gasteiger partial charge in [0.1, 0.15) is 22.2 Å². The number of rotatable bonds is 7. The number of ether oxygens (including phenoxy) is 2. The molecule has 0 radical (unpaired) electrons. The zero-order valence-electron chi connectivity index (χ0n) is 15.6. The van der Waals surface area contributed by atoms with E-state index in [4.69, 9.17) is 9.47 Å². The summed E-state index contributed by atoms with van der Waals surface area (Å²) in [6, 6.07) is 4.80. The van der Waals surface area contributed by atoms with Crippen molar-refractivity contribution in [2.75, 3.05) is 27.3 Å². The summed E-state index contributed by atoms with van der Waals surface area (Å²) in [4.78, 5) is 4.63. The first-order valence-electron chi connectivity index (χ1n) is 8.66. The number of methoxy groups -OCH3 is 2. The maximum absolute atomic E-state index is 13.0. The second-order valence-electron chi connectivity index (χ2n) is 6.45. The first-order chi connectivity index (χ1) is 12.4. The normalized spacial score (nSPS) is 15.7. The number of hydrogen-bond donors (Lipinski definition) is 0. The van der Waals surface area contributed by atoms with Gasteiger partial charge in [-0.2, -0.15) is 4.31 Å². The van der Waals surface area contributed by atoms with Gasteiger partial charge in [-0.15, -0.1) is 0 Å². The van der Waals surface area contributed by atoms with E-state index in [1.807, 2.05) is 13.1 Å². The number of imidazole rings is 1. The molecule has 0 aliphatic carbocycles. The van der Waals surface area contributed by atoms with Crippen LogP contribution in [0.4, 0.5) is 0 Å². The minimum absolute atomic E-state index is 0.113. The van der Waals surface area contributed by atoms with Gasteiger partial charge in [-0.05, 0) is 25.5 Å². The molecule has 1 aromatic carbocycles. The fraction of sp³-hybridized carbons (Fsp3) is 0.500. The monoisotopic (exact) mass is 379 g/mol. The van der Waals surface area contributed by atoms with Crippen LogP contribution >= 0.6 is 0 Å². The quantitative estimate of drug-likeness (QED) is 0.739. The molecule has 1 saturated heterocycles. The third-order valence-corrected chi connectivity index (χ3v) is 6.59. The molecule has 0 bridgehead atoms. The molecule has 0 N–H and O–H groups in total. The topological polar surface area (TPSA) is 73.7 Å². The molecule has 0 amide bonds. The molecule has 1 aromatic heterocycles. The second kappa shape index (κ2) is 7.28. The maximum Gasteiger partial charge on any atom is 0.246 e. The van der Waals surface area contributed by atoms with Gasteiger partial charge in [-0.3, -0.25) is 0 Å². The molecule has 7 nitrogen and oxygen atoms in total. The van der Waals surface area contributed by atoms with Crippen molar-refractivity contribution >= 4 is 10.0 Å². The summed E-state index contributed by atoms with van der Waals surface area (Å²) in [5, 5.41) is 0. The molecule has 142 valence electrons. The predicted molar refractivity (Wildman–Crippen MR) is 98.3 cm³/mol. The number of sulfonamides is 1. The Morgan fingerprint density at radius 2 is 1.96 bits per heavy atom. The Hall–Kier alpha value is -2.06. The fourth-order valence-electron chi connectivity index (χ4n) is 3.24. The molecule has 0 saturated carbocycles. The molecule has 26 heavy (non-hydrogen) atoms. The fourth-order valence-corrected chi connectivity index (χ4v) is 4.94. The lowest BCUT2D eigenvalue weighted by atomic mass is 10.0. The van der Waals surface area contributed by atoms with Crippen LogP contribution in [-0.2, 0) is 16.6 Å². The van der Waals surface area contributed by atoms with Crippen molar-refractivity contribution in [3.05, 3.63) is 35.9 Å². The Morgan fingerprint density at radius 3 is 2.58 bits per heavy atom. The summed E-state index contributed by atoms with van der Waals surface area (Å²) in [6.07, 6.45) is 2.87. The van der Waals surface area contributed by atoms with Crippen LogP contribution in [0.5, 0.6) is 11.5 Å². The lowest BCUT2D eigenvalue weighted by Gasteiger charge is -2.38. The third kappa shape index (κ3) is 3.19. The highest BCUT2D eigenvalue weighted by Gasteiger charge is 2.40. The van der Waals surface area contributed by atoms with Crippen molar-refractivity contribution in [3.8, 4) is 11.5 Å². The van der Waals surface area contributed by atoms with Gasteiger partial charge >= 0.3 is 0 Å². The SMILES string of the molecule is CCCn1c(C)cnc1C1CN(S(=O)(=O)c2cc(OC)ccc2OC)C1. The second-order valence-corrected chi connectivity index (χ2v) is 8.35. The number of hydrogen-bond acceptors (Lipinski definition) is 5. The van der Waals surface area contributed by atoms with Crippen LogP contribution < -0.4 is 9.47 Å². The van der Waals surface area contributed by atoms with Gasteiger partial charge in [0, 0.05) is 43.5 Å². The number of aryl methyl sites for hydroxylation is 1. The van der Waals surface area contributed by atoms with Crippen molar-refractivity contribution < 1.29 is 17.9 Å². The summed E-state index contributed by atoms with van der Waals surface area (Å²) < 4.78 is 40.1. The highest BCUT2D eigenvalue weighted by molar-refractivity contribution is 7.89. The Balaban J connectivity index is 1.82. The van der Waals surface area contributed by atoms with Crippen molar-refractivity contribution in [3.63, 3.8) is 0 Å². The highest BCUT2D eigenvalue weighted by Crippen LogP contribution is 2.36. The van der Waals surface area contributed by atoms with Crippen molar-refractivity contribution in [2.45, 2.75) is 37.6 Å². The Labute approximate surface area is 154 Å². The van der Waals surface area contributed by atoms with Crippen LogP contribution in [0.15, 0.2) is 29.3 Å². The molecule has 1 aliphatic rings. The number of aromatic nitrogens is 2. The first kappa shape index (κ1) is 18.7. The summed E-state index contributed by atoms with van der Waals surface area (Å²) in [7, 11) is -0.675. The third-order valence-electron chi connectivity index (χ3n) is 4.73. The Bertz CT molecular complexity index is 886. The molecule has 1 aliphatic heterocycles. The number of benzene rings is 1. The molecule has 0 unspecified atom stereocenters. The van der Waals surface area contributed by atoms with E-state index < -0.39 is 10.0 Å². The predicted octanol–water partition coefficient (Wildman–Crippen LogP) is 2.41. The van der Waals surface area contributed by atoms with Crippen LogP contribution in [0.25, 0.3) is 0 Å². The van der Waals surface area contributed by atoms with Crippen molar-refractivity contribution in [2.24, 2.45) is 0 Å². The van der Waals surface area contributed by atoms with Crippen LogP contribution in [0.3, 0.4) is 0 Å². The van der Waals surface area contributed by atoms with Crippen molar-refractivity contribution in [1.29, 1.82) is 0 Å². The summed E-state index contributed by atoms with van der Waals surface area (Å²) >= 11 is 0. The summed E-state index contributed by atoms with van der Waals surface area (Å²) in [6.45, 7) is 5.89. The Morgan fingerprint density at radius 1 is 1.23 bits per heavy atom. The average Bonchev–Trinajstić information content (AvgIpc) is 2.94. The van der Waals surface area contributed by atoms with Gasteiger partial charge in [-0.1, -0.05) is 6.92 Å². The summed E-state index contributed by atoms with van der Waals surface area (Å²) in [5.41, 5.74) is 1.11. The average molecular weight is 379 g/mol. The molecule has 2 heterocycles. The lowest BCUT2D eigenvalue weighted by Crippen LogP contribution is -2.49. The van der Waals surface area contributed by atoms with Crippen molar-refractivity contribution in [1.82, 2.24) is 13.9 Å². The van der Waals surface area contributed by atoms with E-state index >= 15 is 0 Å². The molecule has 1 fully saturated rings. The van der Waals surface area contributed by atoms with E-state index in [2.05, 4.69) is 16.5 Å². The lowest BCUT2D eigenvalue weighted by molar-refractivity contribution is 0.249. The van der Waals surface area contributed by atoms with Gasteiger partial charge in [0.25, 0.3) is 0 Å². The minimum atomic E-state index is -3.65. The van der Waals surface area contributed by atoms with E-state index in [0.29, 0.717) is 24.6 Å². The minimum Gasteiger partial charge on any atom is -0.497 e. The van der Waals surface area contributed by atoms with Gasteiger partial charge in [-0.25, -0.2) is 13.4 Å². The van der Waals surface area contributed by atoms with Gasteiger partial charge in [0.15, 0.2) is 0 Å². The molecule has 8 heteroatoms. The zero-order chi connectivity index (χ0) is 18.9. The van der Waals surface area contributed by atoms with E-state index in [1.54, 1.807) is 12.1 Å². The van der Waals surface area contributed by atoms with E-state index in [9.17, 15) is 8.42 Å². The number of nitrogens with zero attached hydrogens (tertiary/aromatic N) is 3. The standard InChI is InChI=1S/C18H25N3O4S/c1-5-8-21-13(2)10-19-18(21)14-11-20(12-14)26(22,23)17-9-15(24-3)6-7-16(17)25-4/h6-7,9-10,14H,5,8,11-12H2,1-4H3. The molecule has 0 atom stereocenters. The zero-order valence-corrected chi connectivity index (χ0v) is 16.4. The molecule has 3 rings (SSSR count). The summed E-state index contributed by atoms with van der Waals surface area (Å²) in [5.74, 6) is 1.88. The van der Waals surface area contributed by atoms with Gasteiger partial charge in [0.2, 0.25) is 10.0 Å². The molecule has 2 aromatic rings. The van der Waals surface area contributed by atoms with E-state index in [-0.39, 0.29) is 10.8 Å². The molecular weight excluding hydrogens is 354 g/mol. The van der Waals surface area contributed by atoms with Crippen LogP contribution in [0, 0.1) is 6.92 Å². The van der Waals surface area contributed by atoms with Gasteiger partial charge in [0.05, 0.1) is 14.2 Å². The first-order valence-corrected chi connectivity index (χ1v) is 10.1. The van der Waals surface area contributed by atoms with E-state index in [1.165, 1.54) is 24.6 Å². The smallest absolute Gasteiger partial charge is 0.246 e.